The molecule has 1 amide bonds. The highest BCUT2D eigenvalue weighted by Crippen LogP contribution is 2.68. The zero-order chi connectivity index (χ0) is 30.4. The Balaban J connectivity index is 1.32. The molecule has 1 aromatic carbocycles. The molecule has 3 saturated carbocycles. The second kappa shape index (κ2) is 11.7. The number of halogens is 1. The number of aromatic nitrogens is 2. The molecule has 0 saturated heterocycles. The number of aliphatic hydroxyl groups excluding tert-OH is 1. The van der Waals surface area contributed by atoms with Gasteiger partial charge in [-0.3, -0.25) is 19.7 Å². The Bertz CT molecular complexity index is 1400. The number of ether oxygens (including phenoxy) is 1. The molecule has 0 spiro atoms. The molecule has 3 fully saturated rings. The van der Waals surface area contributed by atoms with Gasteiger partial charge in [0.2, 0.25) is 5.13 Å². The summed E-state index contributed by atoms with van der Waals surface area (Å²) in [5.41, 5.74) is -1.17. The van der Waals surface area contributed by atoms with Crippen molar-refractivity contribution < 1.29 is 24.2 Å². The molecule has 11 heteroatoms. The number of amides is 1. The van der Waals surface area contributed by atoms with Crippen LogP contribution in [0.2, 0.25) is 5.02 Å². The lowest BCUT2D eigenvalue weighted by Gasteiger charge is -2.61. The first kappa shape index (κ1) is 31.2. The lowest BCUT2D eigenvalue weighted by molar-refractivity contribution is -0.205. The Hall–Kier alpha value is -2.27. The molecule has 1 aromatic heterocycles. The zero-order valence-corrected chi connectivity index (χ0v) is 26.8. The molecule has 2 aromatic rings. The van der Waals surface area contributed by atoms with E-state index in [1.807, 2.05) is 6.92 Å². The molecule has 0 radical (unpaired) electrons. The number of nitrogens with one attached hydrogen (secondary N) is 1. The summed E-state index contributed by atoms with van der Waals surface area (Å²) in [4.78, 5) is 39.4. The van der Waals surface area contributed by atoms with Gasteiger partial charge in [0.25, 0.3) is 5.91 Å². The molecule has 226 valence electrons. The molecule has 0 aliphatic heterocycles. The molecule has 42 heavy (non-hydrogen) atoms. The van der Waals surface area contributed by atoms with Gasteiger partial charge in [-0.1, -0.05) is 74.5 Å². The van der Waals surface area contributed by atoms with Gasteiger partial charge in [-0.2, -0.15) is 0 Å². The smallest absolute Gasteiger partial charge is 0.316 e. The number of carbonyl (C=O) groups excluding carboxylic acids is 3. The fourth-order valence-corrected chi connectivity index (χ4v) is 9.65. The van der Waals surface area contributed by atoms with Crippen molar-refractivity contribution in [2.24, 2.45) is 34.0 Å². The van der Waals surface area contributed by atoms with Crippen LogP contribution < -0.4 is 5.32 Å². The summed E-state index contributed by atoms with van der Waals surface area (Å²) >= 11 is 8.33. The van der Waals surface area contributed by atoms with E-state index < -0.39 is 29.0 Å². The van der Waals surface area contributed by atoms with Gasteiger partial charge in [-0.25, -0.2) is 0 Å². The number of hydrogen-bond donors (Lipinski definition) is 2. The average molecular weight is 632 g/mol. The highest BCUT2D eigenvalue weighted by molar-refractivity contribution is 8.01. The van der Waals surface area contributed by atoms with Gasteiger partial charge in [0.05, 0.1) is 11.9 Å². The lowest BCUT2D eigenvalue weighted by Crippen LogP contribution is -2.63. The van der Waals surface area contributed by atoms with E-state index in [0.29, 0.717) is 32.9 Å². The van der Waals surface area contributed by atoms with Crippen LogP contribution in [-0.4, -0.2) is 50.9 Å². The van der Waals surface area contributed by atoms with E-state index in [9.17, 15) is 19.5 Å². The van der Waals surface area contributed by atoms with E-state index in [2.05, 4.69) is 42.9 Å². The highest BCUT2D eigenvalue weighted by Gasteiger charge is 2.68. The molecule has 0 unspecified atom stereocenters. The molecule has 1 heterocycles. The van der Waals surface area contributed by atoms with Crippen LogP contribution in [0.3, 0.4) is 0 Å². The normalized spacial score (nSPS) is 36.0. The first-order valence-corrected chi connectivity index (χ1v) is 16.6. The predicted octanol–water partition coefficient (Wildman–Crippen LogP) is 6.44. The zero-order valence-electron chi connectivity index (χ0n) is 24.4. The minimum Gasteiger partial charge on any atom is -0.461 e. The van der Waals surface area contributed by atoms with Gasteiger partial charge in [0.1, 0.15) is 11.9 Å². The van der Waals surface area contributed by atoms with Gasteiger partial charge < -0.3 is 9.84 Å². The van der Waals surface area contributed by atoms with E-state index in [1.54, 1.807) is 30.3 Å². The first-order valence-electron chi connectivity index (χ1n) is 14.4. The van der Waals surface area contributed by atoms with Crippen molar-refractivity contribution in [1.29, 1.82) is 0 Å². The molecule has 2 bridgehead atoms. The van der Waals surface area contributed by atoms with Crippen LogP contribution >= 0.6 is 34.7 Å². The number of carbonyl (C=O) groups is 3. The Morgan fingerprint density at radius 2 is 2.05 bits per heavy atom. The van der Waals surface area contributed by atoms with Gasteiger partial charge in [0, 0.05) is 33.8 Å². The number of rotatable bonds is 7. The molecule has 8 atom stereocenters. The van der Waals surface area contributed by atoms with Gasteiger partial charge >= 0.3 is 5.97 Å². The summed E-state index contributed by atoms with van der Waals surface area (Å²) in [6.07, 6.45) is 3.96. The highest BCUT2D eigenvalue weighted by atomic mass is 35.5. The molecule has 5 rings (SSSR count). The van der Waals surface area contributed by atoms with E-state index in [-0.39, 0.29) is 40.6 Å². The minimum absolute atomic E-state index is 0.00858. The quantitative estimate of drug-likeness (QED) is 0.155. The van der Waals surface area contributed by atoms with Crippen LogP contribution in [0.15, 0.2) is 41.3 Å². The summed E-state index contributed by atoms with van der Waals surface area (Å²) in [7, 11) is 0. The Kier molecular flexibility index (Phi) is 8.66. The van der Waals surface area contributed by atoms with Crippen molar-refractivity contribution in [1.82, 2.24) is 10.2 Å². The number of aliphatic hydroxyl groups is 1. The summed E-state index contributed by atoms with van der Waals surface area (Å²) in [5.74, 6) is -0.757. The Morgan fingerprint density at radius 3 is 2.76 bits per heavy atom. The van der Waals surface area contributed by atoms with Crippen LogP contribution in [0.4, 0.5) is 5.13 Å². The first-order chi connectivity index (χ1) is 19.8. The minimum atomic E-state index is -0.709. The third-order valence-corrected chi connectivity index (χ3v) is 12.8. The average Bonchev–Trinajstić information content (AvgIpc) is 3.56. The third-order valence-electron chi connectivity index (χ3n) is 10.6. The van der Waals surface area contributed by atoms with Gasteiger partial charge in [-0.15, -0.1) is 16.8 Å². The molecule has 3 aliphatic carbocycles. The number of esters is 1. The molecular weight excluding hydrogens is 594 g/mol. The third kappa shape index (κ3) is 5.33. The second-order valence-corrected chi connectivity index (χ2v) is 15.3. The largest absolute Gasteiger partial charge is 0.461 e. The topological polar surface area (TPSA) is 118 Å². The molecular formula is C31H38ClN3O5S2. The van der Waals surface area contributed by atoms with Crippen LogP contribution in [0, 0.1) is 34.0 Å². The summed E-state index contributed by atoms with van der Waals surface area (Å²) in [6.45, 7) is 12.4. The predicted molar refractivity (Wildman–Crippen MR) is 165 cm³/mol. The number of hydrogen-bond acceptors (Lipinski definition) is 9. The number of thioether (sulfide) groups is 1. The number of nitrogens with zero attached hydrogens (tertiary/aromatic N) is 2. The van der Waals surface area contributed by atoms with E-state index >= 15 is 0 Å². The summed E-state index contributed by atoms with van der Waals surface area (Å²) in [5, 5.41) is 23.3. The SMILES string of the molecule is C=C[C@]1(C)C[C@@H](OC(=O)CSc2nnc(NC(=O)c3cccc(Cl)c3)s2)[C@]2(C)[C@H](C)CC[C@]3(CCC(=O)[C@H]32)[C@@H](C)[C@@H]1O. The van der Waals surface area contributed by atoms with E-state index in [0.717, 1.165) is 30.6 Å². The lowest BCUT2D eigenvalue weighted by atomic mass is 9.44. The van der Waals surface area contributed by atoms with Crippen LogP contribution in [-0.2, 0) is 14.3 Å². The standard InChI is InChI=1S/C31H38ClN3O5S2/c1-6-29(4)15-22(30(5)17(2)10-12-31(18(3)25(29)38)13-11-21(36)24(30)31)40-23(37)16-41-28-35-34-27(42-28)33-26(39)19-8-7-9-20(32)14-19/h6-9,14,17-18,22,24-25,38H,1,10-13,15-16H2,2-5H3,(H,33,34,39)/t17-,18+,22-,24+,25+,29-,30+,31+/m1/s1. The maximum absolute atomic E-state index is 13.5. The maximum Gasteiger partial charge on any atom is 0.316 e. The van der Waals surface area contributed by atoms with Crippen molar-refractivity contribution in [3.63, 3.8) is 0 Å². The van der Waals surface area contributed by atoms with Crippen molar-refractivity contribution >= 4 is 57.5 Å². The fourth-order valence-electron chi connectivity index (χ4n) is 7.93. The number of Topliss-reactive ketones (excluding diaryl/α,β-unsaturated/α-hetero) is 1. The van der Waals surface area contributed by atoms with Crippen LogP contribution in [0.1, 0.15) is 70.2 Å². The van der Waals surface area contributed by atoms with Crippen molar-refractivity contribution in [3.8, 4) is 0 Å². The Morgan fingerprint density at radius 1 is 1.29 bits per heavy atom. The monoisotopic (exact) mass is 631 g/mol. The van der Waals surface area contributed by atoms with Crippen LogP contribution in [0.25, 0.3) is 0 Å². The fraction of sp³-hybridized carbons (Fsp3) is 0.581. The second-order valence-electron chi connectivity index (χ2n) is 12.7. The van der Waals surface area contributed by atoms with Gasteiger partial charge in [-0.05, 0) is 61.1 Å². The number of anilines is 1. The van der Waals surface area contributed by atoms with E-state index in [4.69, 9.17) is 16.3 Å². The Labute approximate surface area is 260 Å². The van der Waals surface area contributed by atoms with Crippen molar-refractivity contribution in [2.45, 2.75) is 76.3 Å². The van der Waals surface area contributed by atoms with Crippen molar-refractivity contribution in [2.75, 3.05) is 11.1 Å². The van der Waals surface area contributed by atoms with Crippen LogP contribution in [0.5, 0.6) is 0 Å². The summed E-state index contributed by atoms with van der Waals surface area (Å²) < 4.78 is 6.79. The van der Waals surface area contributed by atoms with Crippen molar-refractivity contribution in [3.05, 3.63) is 47.5 Å². The molecule has 8 nitrogen and oxygen atoms in total. The van der Waals surface area contributed by atoms with E-state index in [1.165, 1.54) is 11.8 Å². The number of benzene rings is 1. The molecule has 2 N–H and O–H groups in total. The maximum atomic E-state index is 13.5. The molecule has 3 aliphatic rings. The number of ketones is 1. The summed E-state index contributed by atoms with van der Waals surface area (Å²) in [6, 6.07) is 6.59. The van der Waals surface area contributed by atoms with Gasteiger partial charge in [0.15, 0.2) is 4.34 Å².